The van der Waals surface area contributed by atoms with Gasteiger partial charge >= 0.3 is 0 Å². The number of benzene rings is 2. The average molecular weight is 433 g/mol. The summed E-state index contributed by atoms with van der Waals surface area (Å²) < 4.78 is 40.2. The van der Waals surface area contributed by atoms with Crippen molar-refractivity contribution in [2.45, 2.75) is 17.1 Å². The van der Waals surface area contributed by atoms with E-state index in [9.17, 15) is 17.6 Å². The van der Waals surface area contributed by atoms with E-state index in [-0.39, 0.29) is 17.0 Å². The molecule has 1 aromatic heterocycles. The smallest absolute Gasteiger partial charge is 0.251 e. The van der Waals surface area contributed by atoms with E-state index in [2.05, 4.69) is 10.3 Å². The van der Waals surface area contributed by atoms with Gasteiger partial charge in [-0.1, -0.05) is 17.7 Å². The molecule has 5 nitrogen and oxygen atoms in total. The molecule has 3 aromatic rings. The van der Waals surface area contributed by atoms with Gasteiger partial charge < -0.3 is 5.32 Å². The second-order valence-electron chi connectivity index (χ2n) is 6.45. The van der Waals surface area contributed by atoms with Crippen LogP contribution in [-0.2, 0) is 9.84 Å². The summed E-state index contributed by atoms with van der Waals surface area (Å²) >= 11 is 5.83. The van der Waals surface area contributed by atoms with E-state index in [1.807, 2.05) is 0 Å². The molecule has 0 saturated heterocycles. The monoisotopic (exact) mass is 432 g/mol. The van der Waals surface area contributed by atoms with Gasteiger partial charge in [-0.25, -0.2) is 12.8 Å². The highest BCUT2D eigenvalue weighted by atomic mass is 35.5. The largest absolute Gasteiger partial charge is 0.350 e. The molecule has 0 aliphatic heterocycles. The molecule has 0 spiro atoms. The number of carbonyl (C=O) groups is 1. The number of hydrogen-bond acceptors (Lipinski definition) is 4. The molecule has 8 heteroatoms. The van der Waals surface area contributed by atoms with E-state index in [0.29, 0.717) is 16.1 Å². The van der Waals surface area contributed by atoms with E-state index < -0.39 is 26.8 Å². The van der Waals surface area contributed by atoms with Crippen LogP contribution in [0.4, 0.5) is 4.39 Å². The molecule has 1 amide bonds. The van der Waals surface area contributed by atoms with Crippen molar-refractivity contribution in [1.82, 2.24) is 10.3 Å². The van der Waals surface area contributed by atoms with E-state index in [0.717, 1.165) is 6.07 Å². The molecule has 2 aromatic carbocycles. The SMILES string of the molecule is Cc1cc(S(=O)(=O)[C@@H](CNC(=O)c2ccc(Cl)cc2)c2cccnc2)ccc1F. The maximum atomic E-state index is 13.6. The molecule has 150 valence electrons. The Morgan fingerprint density at radius 1 is 1.17 bits per heavy atom. The standard InChI is InChI=1S/C21H18ClFN2O3S/c1-14-11-18(8-9-19(14)23)29(27,28)20(16-3-2-10-24-12-16)13-25-21(26)15-4-6-17(22)7-5-15/h2-12,20H,13H2,1H3,(H,25,26)/t20-/m0/s1. The third-order valence-electron chi connectivity index (χ3n) is 4.44. The summed E-state index contributed by atoms with van der Waals surface area (Å²) in [5.74, 6) is -0.918. The summed E-state index contributed by atoms with van der Waals surface area (Å²) in [7, 11) is -3.92. The van der Waals surface area contributed by atoms with Crippen LogP contribution < -0.4 is 5.32 Å². The second-order valence-corrected chi connectivity index (χ2v) is 9.01. The van der Waals surface area contributed by atoms with E-state index in [4.69, 9.17) is 11.6 Å². The number of aryl methyl sites for hydroxylation is 1. The maximum absolute atomic E-state index is 13.6. The van der Waals surface area contributed by atoms with Gasteiger partial charge in [-0.15, -0.1) is 0 Å². The molecule has 29 heavy (non-hydrogen) atoms. The van der Waals surface area contributed by atoms with Crippen molar-refractivity contribution >= 4 is 27.3 Å². The zero-order valence-corrected chi connectivity index (χ0v) is 17.0. The maximum Gasteiger partial charge on any atom is 0.251 e. The number of amides is 1. The Morgan fingerprint density at radius 3 is 2.52 bits per heavy atom. The Labute approximate surface area is 173 Å². The molecule has 0 radical (unpaired) electrons. The number of sulfone groups is 1. The average Bonchev–Trinajstić information content (AvgIpc) is 2.71. The summed E-state index contributed by atoms with van der Waals surface area (Å²) in [5, 5.41) is 2.06. The van der Waals surface area contributed by atoms with Gasteiger partial charge in [0, 0.05) is 29.5 Å². The first-order chi connectivity index (χ1) is 13.8. The zero-order valence-electron chi connectivity index (χ0n) is 15.5. The third-order valence-corrected chi connectivity index (χ3v) is 6.79. The van der Waals surface area contributed by atoms with Gasteiger partial charge in [0.2, 0.25) is 0 Å². The summed E-state index contributed by atoms with van der Waals surface area (Å²) in [6.07, 6.45) is 2.97. The number of rotatable bonds is 6. The molecule has 3 rings (SSSR count). The lowest BCUT2D eigenvalue weighted by molar-refractivity contribution is 0.0953. The lowest BCUT2D eigenvalue weighted by Crippen LogP contribution is -2.32. The van der Waals surface area contributed by atoms with E-state index >= 15 is 0 Å². The predicted molar refractivity (Wildman–Crippen MR) is 109 cm³/mol. The second kappa shape index (κ2) is 8.71. The fraction of sp³-hybridized carbons (Fsp3) is 0.143. The molecule has 0 saturated carbocycles. The fourth-order valence-corrected chi connectivity index (χ4v) is 4.67. The lowest BCUT2D eigenvalue weighted by Gasteiger charge is -2.19. The Kier molecular flexibility index (Phi) is 6.30. The first kappa shape index (κ1) is 21.0. The Bertz CT molecular complexity index is 1120. The van der Waals surface area contributed by atoms with Crippen LogP contribution in [0, 0.1) is 12.7 Å². The minimum Gasteiger partial charge on any atom is -0.350 e. The van der Waals surface area contributed by atoms with Gasteiger partial charge in [0.05, 0.1) is 4.90 Å². The Hall–Kier alpha value is -2.77. The number of nitrogens with zero attached hydrogens (tertiary/aromatic N) is 1. The summed E-state index contributed by atoms with van der Waals surface area (Å²) in [6, 6.07) is 13.1. The first-order valence-corrected chi connectivity index (χ1v) is 10.6. The van der Waals surface area contributed by atoms with Crippen molar-refractivity contribution in [3.05, 3.63) is 94.5 Å². The van der Waals surface area contributed by atoms with Crippen molar-refractivity contribution in [2.24, 2.45) is 0 Å². The Morgan fingerprint density at radius 2 is 1.90 bits per heavy atom. The highest BCUT2D eigenvalue weighted by Crippen LogP contribution is 2.29. The van der Waals surface area contributed by atoms with E-state index in [1.165, 1.54) is 31.5 Å². The zero-order chi connectivity index (χ0) is 21.0. The molecule has 0 aliphatic rings. The fourth-order valence-electron chi connectivity index (χ4n) is 2.82. The number of hydrogen-bond donors (Lipinski definition) is 1. The quantitative estimate of drug-likeness (QED) is 0.594. The van der Waals surface area contributed by atoms with Gasteiger partial charge in [0.1, 0.15) is 11.1 Å². The number of halogens is 2. The molecule has 0 fully saturated rings. The molecule has 0 unspecified atom stereocenters. The minimum atomic E-state index is -3.92. The number of pyridine rings is 1. The highest BCUT2D eigenvalue weighted by Gasteiger charge is 2.30. The van der Waals surface area contributed by atoms with Crippen LogP contribution in [0.2, 0.25) is 5.02 Å². The molecule has 1 heterocycles. The van der Waals surface area contributed by atoms with Gasteiger partial charge in [-0.05, 0) is 66.6 Å². The molecular weight excluding hydrogens is 415 g/mol. The highest BCUT2D eigenvalue weighted by molar-refractivity contribution is 7.91. The molecule has 0 aliphatic carbocycles. The minimum absolute atomic E-state index is 0.0222. The summed E-state index contributed by atoms with van der Waals surface area (Å²) in [4.78, 5) is 16.4. The molecule has 1 N–H and O–H groups in total. The number of nitrogens with one attached hydrogen (secondary N) is 1. The third kappa shape index (κ3) is 4.81. The topological polar surface area (TPSA) is 76.1 Å². The van der Waals surface area contributed by atoms with Gasteiger partial charge in [-0.2, -0.15) is 0 Å². The Balaban J connectivity index is 1.91. The van der Waals surface area contributed by atoms with Crippen LogP contribution in [0.15, 0.2) is 71.9 Å². The van der Waals surface area contributed by atoms with Crippen molar-refractivity contribution in [3.8, 4) is 0 Å². The summed E-state index contributed by atoms with van der Waals surface area (Å²) in [5.41, 5.74) is 1.00. The van der Waals surface area contributed by atoms with Crippen LogP contribution in [0.3, 0.4) is 0 Å². The van der Waals surface area contributed by atoms with Gasteiger partial charge in [0.25, 0.3) is 5.91 Å². The molecule has 1 atom stereocenters. The van der Waals surface area contributed by atoms with Gasteiger partial charge in [-0.3, -0.25) is 9.78 Å². The van der Waals surface area contributed by atoms with Crippen molar-refractivity contribution in [3.63, 3.8) is 0 Å². The first-order valence-electron chi connectivity index (χ1n) is 8.73. The normalized spacial score (nSPS) is 12.4. The van der Waals surface area contributed by atoms with Crippen molar-refractivity contribution in [2.75, 3.05) is 6.54 Å². The van der Waals surface area contributed by atoms with Crippen LogP contribution in [0.1, 0.15) is 26.7 Å². The van der Waals surface area contributed by atoms with Crippen molar-refractivity contribution < 1.29 is 17.6 Å². The van der Waals surface area contributed by atoms with Crippen LogP contribution in [-0.4, -0.2) is 25.9 Å². The van der Waals surface area contributed by atoms with Crippen LogP contribution >= 0.6 is 11.6 Å². The molecular formula is C21H18ClFN2O3S. The lowest BCUT2D eigenvalue weighted by atomic mass is 10.2. The number of aromatic nitrogens is 1. The molecule has 0 bridgehead atoms. The van der Waals surface area contributed by atoms with Crippen molar-refractivity contribution in [1.29, 1.82) is 0 Å². The van der Waals surface area contributed by atoms with Gasteiger partial charge in [0.15, 0.2) is 9.84 Å². The van der Waals surface area contributed by atoms with Crippen LogP contribution in [0.25, 0.3) is 0 Å². The number of carbonyl (C=O) groups excluding carboxylic acids is 1. The summed E-state index contributed by atoms with van der Waals surface area (Å²) in [6.45, 7) is 1.32. The predicted octanol–water partition coefficient (Wildman–Crippen LogP) is 4.13. The van der Waals surface area contributed by atoms with Crippen LogP contribution in [0.5, 0.6) is 0 Å². The van der Waals surface area contributed by atoms with E-state index in [1.54, 1.807) is 36.4 Å².